The Morgan fingerprint density at radius 3 is 2.67 bits per heavy atom. The Bertz CT molecular complexity index is 789. The fourth-order valence-electron chi connectivity index (χ4n) is 3.74. The average Bonchev–Trinajstić information content (AvgIpc) is 3.00. The summed E-state index contributed by atoms with van der Waals surface area (Å²) in [6.07, 6.45) is 0.729. The van der Waals surface area contributed by atoms with Gasteiger partial charge in [-0.3, -0.25) is 4.99 Å². The number of hydrogen-bond donors (Lipinski definition) is 1. The lowest BCUT2D eigenvalue weighted by atomic mass is 10.1. The molecule has 0 spiro atoms. The predicted octanol–water partition coefficient (Wildman–Crippen LogP) is 2.17. The molecule has 0 radical (unpaired) electrons. The van der Waals surface area contributed by atoms with E-state index < -0.39 is 9.84 Å². The van der Waals surface area contributed by atoms with E-state index in [4.69, 9.17) is 16.6 Å². The zero-order valence-electron chi connectivity index (χ0n) is 16.1. The number of nitrogens with zero attached hydrogens (tertiary/aromatic N) is 3. The first-order chi connectivity index (χ1) is 12.9. The van der Waals surface area contributed by atoms with Gasteiger partial charge in [0.1, 0.15) is 0 Å². The Morgan fingerprint density at radius 1 is 1.30 bits per heavy atom. The average molecular weight is 413 g/mol. The van der Waals surface area contributed by atoms with Crippen molar-refractivity contribution in [3.05, 3.63) is 28.8 Å². The molecular formula is C19H29ClN4O2S. The van der Waals surface area contributed by atoms with Gasteiger partial charge >= 0.3 is 0 Å². The molecule has 0 aliphatic carbocycles. The van der Waals surface area contributed by atoms with Crippen LogP contribution in [0.15, 0.2) is 23.2 Å². The number of guanidine groups is 1. The lowest BCUT2D eigenvalue weighted by Crippen LogP contribution is -2.52. The Hall–Kier alpha value is -1.47. The number of anilines is 1. The maximum atomic E-state index is 11.6. The molecular weight excluding hydrogens is 384 g/mol. The molecule has 6 nitrogen and oxygen atoms in total. The smallest absolute Gasteiger partial charge is 0.194 e. The van der Waals surface area contributed by atoms with E-state index in [1.54, 1.807) is 0 Å². The fraction of sp³-hybridized carbons (Fsp3) is 0.632. The van der Waals surface area contributed by atoms with Crippen LogP contribution >= 0.6 is 11.6 Å². The van der Waals surface area contributed by atoms with Crippen LogP contribution < -0.4 is 10.2 Å². The number of sulfone groups is 1. The molecule has 0 aromatic heterocycles. The summed E-state index contributed by atoms with van der Waals surface area (Å²) in [7, 11) is -2.85. The van der Waals surface area contributed by atoms with Gasteiger partial charge in [-0.25, -0.2) is 8.42 Å². The molecule has 2 heterocycles. The summed E-state index contributed by atoms with van der Waals surface area (Å²) in [5.41, 5.74) is 2.43. The summed E-state index contributed by atoms with van der Waals surface area (Å²) in [6, 6.07) is 6.02. The van der Waals surface area contributed by atoms with Crippen molar-refractivity contribution >= 4 is 33.1 Å². The van der Waals surface area contributed by atoms with Gasteiger partial charge in [-0.2, -0.15) is 0 Å². The van der Waals surface area contributed by atoms with E-state index in [2.05, 4.69) is 35.0 Å². The van der Waals surface area contributed by atoms with Gasteiger partial charge in [-0.1, -0.05) is 17.7 Å². The second-order valence-corrected chi connectivity index (χ2v) is 10.0. The number of aliphatic imine (C=N–C) groups is 1. The number of nitrogens with one attached hydrogen (secondary N) is 1. The second-order valence-electron chi connectivity index (χ2n) is 7.37. The molecule has 2 aliphatic heterocycles. The highest BCUT2D eigenvalue weighted by Gasteiger charge is 2.28. The minimum Gasteiger partial charge on any atom is -0.368 e. The van der Waals surface area contributed by atoms with Crippen LogP contribution in [0.1, 0.15) is 18.9 Å². The van der Waals surface area contributed by atoms with Crippen LogP contribution in [-0.2, 0) is 9.84 Å². The molecule has 3 rings (SSSR count). The van der Waals surface area contributed by atoms with Gasteiger partial charge in [-0.05, 0) is 43.9 Å². The topological polar surface area (TPSA) is 65.0 Å². The number of aryl methyl sites for hydroxylation is 1. The van der Waals surface area contributed by atoms with E-state index >= 15 is 0 Å². The van der Waals surface area contributed by atoms with Gasteiger partial charge in [0.15, 0.2) is 15.8 Å². The number of hydrogen-bond acceptors (Lipinski definition) is 4. The highest BCUT2D eigenvalue weighted by Crippen LogP contribution is 2.25. The first kappa shape index (κ1) is 20.3. The number of halogens is 1. The van der Waals surface area contributed by atoms with Crippen molar-refractivity contribution in [3.8, 4) is 0 Å². The summed E-state index contributed by atoms with van der Waals surface area (Å²) in [4.78, 5) is 9.37. The molecule has 2 fully saturated rings. The molecule has 0 bridgehead atoms. The van der Waals surface area contributed by atoms with Gasteiger partial charge in [0, 0.05) is 50.0 Å². The molecule has 8 heteroatoms. The Kier molecular flexibility index (Phi) is 6.52. The summed E-state index contributed by atoms with van der Waals surface area (Å²) < 4.78 is 23.3. The van der Waals surface area contributed by atoms with Crippen LogP contribution in [0, 0.1) is 12.8 Å². The van der Waals surface area contributed by atoms with Gasteiger partial charge in [-0.15, -0.1) is 0 Å². The Labute approximate surface area is 167 Å². The number of benzene rings is 1. The van der Waals surface area contributed by atoms with Crippen LogP contribution in [0.5, 0.6) is 0 Å². The SMILES string of the molecule is CCNC(=NCC1CCS(=O)(=O)C1)N1CCN(c2cc(Cl)ccc2C)CC1. The molecule has 2 aliphatic rings. The zero-order chi connectivity index (χ0) is 19.4. The Balaban J connectivity index is 1.61. The second kappa shape index (κ2) is 8.69. The number of piperazine rings is 1. The van der Waals surface area contributed by atoms with Crippen molar-refractivity contribution in [1.29, 1.82) is 0 Å². The van der Waals surface area contributed by atoms with Crippen molar-refractivity contribution in [2.75, 3.05) is 55.7 Å². The minimum atomic E-state index is -2.85. The first-order valence-electron chi connectivity index (χ1n) is 9.63. The largest absolute Gasteiger partial charge is 0.368 e. The first-order valence-corrected chi connectivity index (χ1v) is 11.8. The van der Waals surface area contributed by atoms with Crippen molar-refractivity contribution < 1.29 is 8.42 Å². The van der Waals surface area contributed by atoms with E-state index in [9.17, 15) is 8.42 Å². The third-order valence-electron chi connectivity index (χ3n) is 5.25. The number of rotatable bonds is 4. The lowest BCUT2D eigenvalue weighted by Gasteiger charge is -2.38. The monoisotopic (exact) mass is 412 g/mol. The standard InChI is InChI=1S/C19H29ClN4O2S/c1-3-21-19(22-13-16-6-11-27(25,26)14-16)24-9-7-23(8-10-24)18-12-17(20)5-4-15(18)2/h4-5,12,16H,3,6-11,13-14H2,1-2H3,(H,21,22). The Morgan fingerprint density at radius 2 is 2.04 bits per heavy atom. The highest BCUT2D eigenvalue weighted by atomic mass is 35.5. The van der Waals surface area contributed by atoms with Crippen molar-refractivity contribution in [2.24, 2.45) is 10.9 Å². The van der Waals surface area contributed by atoms with E-state index in [0.717, 1.165) is 50.1 Å². The van der Waals surface area contributed by atoms with E-state index in [1.807, 2.05) is 12.1 Å². The molecule has 0 saturated carbocycles. The summed E-state index contributed by atoms with van der Waals surface area (Å²) in [6.45, 7) is 9.11. The predicted molar refractivity (Wildman–Crippen MR) is 113 cm³/mol. The molecule has 1 N–H and O–H groups in total. The maximum Gasteiger partial charge on any atom is 0.194 e. The van der Waals surface area contributed by atoms with Crippen molar-refractivity contribution in [1.82, 2.24) is 10.2 Å². The fourth-order valence-corrected chi connectivity index (χ4v) is 5.76. The van der Waals surface area contributed by atoms with Crippen LogP contribution in [0.4, 0.5) is 5.69 Å². The molecule has 2 saturated heterocycles. The minimum absolute atomic E-state index is 0.152. The van der Waals surface area contributed by atoms with E-state index in [-0.39, 0.29) is 11.7 Å². The third-order valence-corrected chi connectivity index (χ3v) is 7.32. The normalized spacial score (nSPS) is 22.9. The summed E-state index contributed by atoms with van der Waals surface area (Å²) >= 11 is 6.17. The van der Waals surface area contributed by atoms with Crippen LogP contribution in [-0.4, -0.2) is 70.1 Å². The molecule has 1 aromatic rings. The van der Waals surface area contributed by atoms with E-state index in [1.165, 1.54) is 11.3 Å². The molecule has 1 aromatic carbocycles. The molecule has 27 heavy (non-hydrogen) atoms. The van der Waals surface area contributed by atoms with E-state index in [0.29, 0.717) is 12.3 Å². The molecule has 1 unspecified atom stereocenters. The van der Waals surface area contributed by atoms with Crippen LogP contribution in [0.3, 0.4) is 0 Å². The van der Waals surface area contributed by atoms with Crippen LogP contribution in [0.2, 0.25) is 5.02 Å². The van der Waals surface area contributed by atoms with Gasteiger partial charge in [0.25, 0.3) is 0 Å². The van der Waals surface area contributed by atoms with Crippen LogP contribution in [0.25, 0.3) is 0 Å². The van der Waals surface area contributed by atoms with Gasteiger partial charge in [0.2, 0.25) is 0 Å². The van der Waals surface area contributed by atoms with Gasteiger partial charge in [0.05, 0.1) is 11.5 Å². The quantitative estimate of drug-likeness (QED) is 0.606. The zero-order valence-corrected chi connectivity index (χ0v) is 17.7. The summed E-state index contributed by atoms with van der Waals surface area (Å²) in [5, 5.41) is 4.12. The molecule has 1 atom stereocenters. The maximum absolute atomic E-state index is 11.6. The molecule has 0 amide bonds. The van der Waals surface area contributed by atoms with Crippen molar-refractivity contribution in [2.45, 2.75) is 20.3 Å². The van der Waals surface area contributed by atoms with Crippen molar-refractivity contribution in [3.63, 3.8) is 0 Å². The summed E-state index contributed by atoms with van der Waals surface area (Å²) in [5.74, 6) is 1.63. The highest BCUT2D eigenvalue weighted by molar-refractivity contribution is 7.91. The molecule has 150 valence electrons. The third kappa shape index (κ3) is 5.29. The lowest BCUT2D eigenvalue weighted by molar-refractivity contribution is 0.371. The van der Waals surface area contributed by atoms with Gasteiger partial charge < -0.3 is 15.1 Å².